The number of aliphatic hydroxyl groups is 1. The van der Waals surface area contributed by atoms with Crippen LogP contribution in [0.3, 0.4) is 0 Å². The van der Waals surface area contributed by atoms with Crippen LogP contribution in [0.1, 0.15) is 29.6 Å². The highest BCUT2D eigenvalue weighted by molar-refractivity contribution is 5.92. The van der Waals surface area contributed by atoms with Crippen LogP contribution in [0.5, 0.6) is 0 Å². The molecule has 0 spiro atoms. The number of β-amino-alcohol motifs (C(OH)–C–C–N with tert-alkyl or cyclic N) is 1. The predicted molar refractivity (Wildman–Crippen MR) is 80.4 cm³/mol. The lowest BCUT2D eigenvalue weighted by Crippen LogP contribution is -2.45. The first-order valence-corrected chi connectivity index (χ1v) is 8.03. The summed E-state index contributed by atoms with van der Waals surface area (Å²) < 4.78 is 5.31. The Labute approximate surface area is 130 Å². The second-order valence-corrected chi connectivity index (χ2v) is 6.08. The maximum Gasteiger partial charge on any atom is 0.276 e. The Bertz CT molecular complexity index is 511. The van der Waals surface area contributed by atoms with Crippen molar-refractivity contribution < 1.29 is 14.4 Å². The van der Waals surface area contributed by atoms with Crippen molar-refractivity contribution in [2.75, 3.05) is 45.8 Å². The van der Waals surface area contributed by atoms with Gasteiger partial charge >= 0.3 is 0 Å². The molecule has 3 heterocycles. The van der Waals surface area contributed by atoms with Crippen LogP contribution >= 0.6 is 0 Å². The number of aliphatic hydroxyl groups excluding tert-OH is 1. The van der Waals surface area contributed by atoms with E-state index in [4.69, 9.17) is 4.52 Å². The number of amides is 1. The molecule has 7 heteroatoms. The summed E-state index contributed by atoms with van der Waals surface area (Å²) in [5.74, 6) is 0.579. The van der Waals surface area contributed by atoms with Crippen LogP contribution in [0.2, 0.25) is 0 Å². The van der Waals surface area contributed by atoms with E-state index in [0.717, 1.165) is 38.5 Å². The molecule has 1 N–H and O–H groups in total. The summed E-state index contributed by atoms with van der Waals surface area (Å²) >= 11 is 0. The second-order valence-electron chi connectivity index (χ2n) is 6.08. The average Bonchev–Trinajstić information content (AvgIpc) is 3.16. The molecule has 2 aliphatic rings. The lowest BCUT2D eigenvalue weighted by atomic mass is 10.2. The third kappa shape index (κ3) is 3.48. The molecule has 1 atom stereocenters. The number of rotatable bonds is 4. The first-order valence-electron chi connectivity index (χ1n) is 8.03. The fourth-order valence-corrected chi connectivity index (χ4v) is 3.06. The minimum atomic E-state index is -0.412. The number of likely N-dealkylation sites (N-methyl/N-ethyl adjacent to an activating group) is 1. The highest BCUT2D eigenvalue weighted by atomic mass is 16.5. The second kappa shape index (κ2) is 6.76. The van der Waals surface area contributed by atoms with Gasteiger partial charge in [-0.05, 0) is 13.0 Å². The van der Waals surface area contributed by atoms with E-state index in [9.17, 15) is 9.90 Å². The maximum atomic E-state index is 12.3. The van der Waals surface area contributed by atoms with Crippen LogP contribution in [0, 0.1) is 0 Å². The molecular weight excluding hydrogens is 284 g/mol. The molecule has 122 valence electrons. The predicted octanol–water partition coefficient (Wildman–Crippen LogP) is 0.0189. The molecule has 7 nitrogen and oxygen atoms in total. The van der Waals surface area contributed by atoms with Gasteiger partial charge in [-0.2, -0.15) is 0 Å². The van der Waals surface area contributed by atoms with Gasteiger partial charge < -0.3 is 19.4 Å². The van der Waals surface area contributed by atoms with Gasteiger partial charge in [0.05, 0.1) is 12.6 Å². The first kappa shape index (κ1) is 15.5. The van der Waals surface area contributed by atoms with Crippen molar-refractivity contribution in [3.63, 3.8) is 0 Å². The smallest absolute Gasteiger partial charge is 0.276 e. The van der Waals surface area contributed by atoms with Crippen molar-refractivity contribution in [2.45, 2.75) is 26.0 Å². The normalized spacial score (nSPS) is 24.1. The van der Waals surface area contributed by atoms with Crippen LogP contribution in [0.25, 0.3) is 0 Å². The number of carbonyl (C=O) groups is 1. The molecule has 3 rings (SSSR count). The molecule has 1 aromatic rings. The molecule has 2 aliphatic heterocycles. The summed E-state index contributed by atoms with van der Waals surface area (Å²) in [5, 5.41) is 13.4. The minimum Gasteiger partial charge on any atom is -0.391 e. The highest BCUT2D eigenvalue weighted by Gasteiger charge is 2.27. The zero-order valence-electron chi connectivity index (χ0n) is 13.1. The van der Waals surface area contributed by atoms with Gasteiger partial charge in [0.1, 0.15) is 0 Å². The number of hydrogen-bond acceptors (Lipinski definition) is 6. The summed E-state index contributed by atoms with van der Waals surface area (Å²) in [7, 11) is 0. The molecule has 0 aromatic carbocycles. The molecule has 0 saturated carbocycles. The fourth-order valence-electron chi connectivity index (χ4n) is 3.06. The van der Waals surface area contributed by atoms with Gasteiger partial charge in [-0.3, -0.25) is 9.69 Å². The quantitative estimate of drug-likeness (QED) is 0.845. The number of aromatic nitrogens is 1. The Morgan fingerprint density at radius 2 is 2.05 bits per heavy atom. The van der Waals surface area contributed by atoms with Gasteiger partial charge in [-0.15, -0.1) is 0 Å². The Kier molecular flexibility index (Phi) is 4.75. The monoisotopic (exact) mass is 308 g/mol. The van der Waals surface area contributed by atoms with Crippen molar-refractivity contribution in [1.29, 1.82) is 0 Å². The molecule has 2 fully saturated rings. The maximum absolute atomic E-state index is 12.3. The van der Waals surface area contributed by atoms with Crippen molar-refractivity contribution in [1.82, 2.24) is 19.9 Å². The fraction of sp³-hybridized carbons (Fsp3) is 0.733. The zero-order chi connectivity index (χ0) is 15.5. The summed E-state index contributed by atoms with van der Waals surface area (Å²) in [6.45, 7) is 9.11. The molecule has 1 aromatic heterocycles. The first-order chi connectivity index (χ1) is 10.7. The molecule has 22 heavy (non-hydrogen) atoms. The topological polar surface area (TPSA) is 73.0 Å². The number of nitrogens with zero attached hydrogens (tertiary/aromatic N) is 4. The standard InChI is InChI=1S/C15H24N4O3/c1-2-17-5-7-18(8-6-17)11-13-9-14(16-22-13)15(21)19-4-3-12(20)10-19/h9,12,20H,2-8,10-11H2,1H3/t12-/m0/s1. The van der Waals surface area contributed by atoms with E-state index in [1.165, 1.54) is 0 Å². The summed E-state index contributed by atoms with van der Waals surface area (Å²) in [6.07, 6.45) is 0.225. The summed E-state index contributed by atoms with van der Waals surface area (Å²) in [5.41, 5.74) is 0.344. The van der Waals surface area contributed by atoms with Gasteiger partial charge in [0, 0.05) is 45.3 Å². The van der Waals surface area contributed by atoms with Crippen LogP contribution in [-0.4, -0.2) is 82.8 Å². The summed E-state index contributed by atoms with van der Waals surface area (Å²) in [4.78, 5) is 18.6. The van der Waals surface area contributed by atoms with Gasteiger partial charge in [-0.1, -0.05) is 12.1 Å². The van der Waals surface area contributed by atoms with Crippen molar-refractivity contribution >= 4 is 5.91 Å². The molecule has 0 radical (unpaired) electrons. The largest absolute Gasteiger partial charge is 0.391 e. The molecular formula is C15H24N4O3. The lowest BCUT2D eigenvalue weighted by Gasteiger charge is -2.33. The van der Waals surface area contributed by atoms with E-state index in [-0.39, 0.29) is 5.91 Å². The van der Waals surface area contributed by atoms with Crippen LogP contribution in [0.4, 0.5) is 0 Å². The van der Waals surface area contributed by atoms with Gasteiger partial charge in [0.15, 0.2) is 11.5 Å². The average molecular weight is 308 g/mol. The summed E-state index contributed by atoms with van der Waals surface area (Å²) in [6, 6.07) is 1.74. The Hall–Kier alpha value is -1.44. The number of likely N-dealkylation sites (tertiary alicyclic amines) is 1. The van der Waals surface area contributed by atoms with E-state index in [2.05, 4.69) is 21.9 Å². The van der Waals surface area contributed by atoms with Crippen molar-refractivity contribution in [2.24, 2.45) is 0 Å². The third-order valence-corrected chi connectivity index (χ3v) is 4.52. The van der Waals surface area contributed by atoms with Crippen LogP contribution in [-0.2, 0) is 6.54 Å². The van der Waals surface area contributed by atoms with Crippen LogP contribution in [0.15, 0.2) is 10.6 Å². The number of hydrogen-bond donors (Lipinski definition) is 1. The molecule has 0 bridgehead atoms. The number of piperazine rings is 1. The zero-order valence-corrected chi connectivity index (χ0v) is 13.1. The SMILES string of the molecule is CCN1CCN(Cc2cc(C(=O)N3CC[C@H](O)C3)no2)CC1. The third-order valence-electron chi connectivity index (χ3n) is 4.52. The Morgan fingerprint density at radius 1 is 1.32 bits per heavy atom. The molecule has 1 amide bonds. The van der Waals surface area contributed by atoms with Crippen LogP contribution < -0.4 is 0 Å². The van der Waals surface area contributed by atoms with Crippen molar-refractivity contribution in [3.05, 3.63) is 17.5 Å². The lowest BCUT2D eigenvalue weighted by molar-refractivity contribution is 0.0754. The van der Waals surface area contributed by atoms with Crippen molar-refractivity contribution in [3.8, 4) is 0 Å². The van der Waals surface area contributed by atoms with E-state index in [1.54, 1.807) is 11.0 Å². The number of carbonyl (C=O) groups excluding carboxylic acids is 1. The van der Waals surface area contributed by atoms with Gasteiger partial charge in [0.2, 0.25) is 0 Å². The molecule has 0 aliphatic carbocycles. The minimum absolute atomic E-state index is 0.151. The van der Waals surface area contributed by atoms with E-state index in [1.807, 2.05) is 0 Å². The van der Waals surface area contributed by atoms with Gasteiger partial charge in [-0.25, -0.2) is 0 Å². The van der Waals surface area contributed by atoms with E-state index < -0.39 is 6.10 Å². The van der Waals surface area contributed by atoms with Gasteiger partial charge in [0.25, 0.3) is 5.91 Å². The Morgan fingerprint density at radius 3 is 2.68 bits per heavy atom. The molecule has 0 unspecified atom stereocenters. The Balaban J connectivity index is 1.54. The molecule has 2 saturated heterocycles. The van der Waals surface area contributed by atoms with E-state index >= 15 is 0 Å². The highest BCUT2D eigenvalue weighted by Crippen LogP contribution is 2.15. The van der Waals surface area contributed by atoms with E-state index in [0.29, 0.717) is 31.7 Å².